The van der Waals surface area contributed by atoms with Crippen LogP contribution in [0.15, 0.2) is 23.1 Å². The van der Waals surface area contributed by atoms with E-state index in [0.29, 0.717) is 0 Å². The first kappa shape index (κ1) is 16.5. The van der Waals surface area contributed by atoms with Crippen LogP contribution in [0.25, 0.3) is 0 Å². The minimum Gasteiger partial charge on any atom is -0.478 e. The highest BCUT2D eigenvalue weighted by molar-refractivity contribution is 7.89. The molecule has 1 unspecified atom stereocenters. The van der Waals surface area contributed by atoms with E-state index in [4.69, 9.17) is 10.2 Å². The molecule has 0 radical (unpaired) electrons. The first-order valence-electron chi connectivity index (χ1n) is 5.85. The average molecular weight is 305 g/mol. The van der Waals surface area contributed by atoms with Crippen LogP contribution in [-0.2, 0) is 10.0 Å². The Kier molecular flexibility index (Phi) is 5.21. The van der Waals surface area contributed by atoms with E-state index >= 15 is 0 Å². The summed E-state index contributed by atoms with van der Waals surface area (Å²) in [6.07, 6.45) is 0. The second-order valence-corrected chi connectivity index (χ2v) is 6.32. The fourth-order valence-corrected chi connectivity index (χ4v) is 2.89. The van der Waals surface area contributed by atoms with Gasteiger partial charge in [-0.3, -0.25) is 0 Å². The molecule has 0 amide bonds. The van der Waals surface area contributed by atoms with E-state index < -0.39 is 40.0 Å². The van der Waals surface area contributed by atoms with Gasteiger partial charge >= 0.3 is 5.97 Å². The minimum atomic E-state index is -4.03. The monoisotopic (exact) mass is 305 g/mol. The number of carbonyl (C=O) groups is 1. The lowest BCUT2D eigenvalue weighted by Gasteiger charge is -2.19. The summed E-state index contributed by atoms with van der Waals surface area (Å²) in [5.74, 6) is -2.73. The predicted molar refractivity (Wildman–Crippen MR) is 69.4 cm³/mol. The van der Waals surface area contributed by atoms with Gasteiger partial charge in [-0.15, -0.1) is 0 Å². The molecule has 0 aliphatic carbocycles. The maximum Gasteiger partial charge on any atom is 0.338 e. The number of aliphatic hydroxyl groups excluding tert-OH is 1. The number of rotatable bonds is 6. The maximum atomic E-state index is 13.2. The van der Waals surface area contributed by atoms with Crippen LogP contribution in [0.3, 0.4) is 0 Å². The topological polar surface area (TPSA) is 104 Å². The van der Waals surface area contributed by atoms with E-state index in [1.54, 1.807) is 13.8 Å². The summed E-state index contributed by atoms with van der Waals surface area (Å²) < 4.78 is 39.6. The van der Waals surface area contributed by atoms with Gasteiger partial charge in [0.1, 0.15) is 5.82 Å². The van der Waals surface area contributed by atoms with Gasteiger partial charge in [0.25, 0.3) is 0 Å². The third kappa shape index (κ3) is 3.75. The number of nitrogens with one attached hydrogen (secondary N) is 1. The fourth-order valence-electron chi connectivity index (χ4n) is 1.49. The van der Waals surface area contributed by atoms with E-state index in [-0.39, 0.29) is 10.8 Å². The summed E-state index contributed by atoms with van der Waals surface area (Å²) in [5.41, 5.74) is -0.724. The van der Waals surface area contributed by atoms with Crippen molar-refractivity contribution in [3.63, 3.8) is 0 Å². The third-order valence-corrected chi connectivity index (χ3v) is 4.27. The zero-order chi connectivity index (χ0) is 15.5. The van der Waals surface area contributed by atoms with E-state index in [0.717, 1.165) is 18.2 Å². The molecule has 0 saturated carbocycles. The van der Waals surface area contributed by atoms with Crippen LogP contribution in [-0.4, -0.2) is 37.2 Å². The number of aliphatic hydroxyl groups is 1. The van der Waals surface area contributed by atoms with Gasteiger partial charge in [0, 0.05) is 6.04 Å². The Morgan fingerprint density at radius 2 is 2.00 bits per heavy atom. The lowest BCUT2D eigenvalue weighted by molar-refractivity contribution is 0.0691. The fraction of sp³-hybridized carbons (Fsp3) is 0.417. The lowest BCUT2D eigenvalue weighted by atomic mass is 10.1. The summed E-state index contributed by atoms with van der Waals surface area (Å²) in [6.45, 7) is 3.04. The van der Waals surface area contributed by atoms with Crippen molar-refractivity contribution >= 4 is 16.0 Å². The van der Waals surface area contributed by atoms with Crippen molar-refractivity contribution in [3.8, 4) is 0 Å². The first-order chi connectivity index (χ1) is 9.19. The number of hydrogen-bond acceptors (Lipinski definition) is 4. The summed E-state index contributed by atoms with van der Waals surface area (Å²) >= 11 is 0. The van der Waals surface area contributed by atoms with Gasteiger partial charge in [-0.05, 0) is 24.1 Å². The van der Waals surface area contributed by atoms with Gasteiger partial charge in [0.2, 0.25) is 10.0 Å². The Labute approximate surface area is 116 Å². The minimum absolute atomic E-state index is 0.158. The SMILES string of the molecule is CC(C)C(CO)NS(=O)(=O)c1ccc(F)c(C(=O)O)c1. The molecule has 1 aromatic rings. The summed E-state index contributed by atoms with van der Waals surface area (Å²) in [4.78, 5) is 10.4. The Bertz CT molecular complexity index is 600. The Balaban J connectivity index is 3.16. The Hall–Kier alpha value is -1.51. The third-order valence-electron chi connectivity index (χ3n) is 2.79. The number of aromatic carboxylic acids is 1. The van der Waals surface area contributed by atoms with Gasteiger partial charge in [-0.2, -0.15) is 0 Å². The summed E-state index contributed by atoms with van der Waals surface area (Å²) in [5, 5.41) is 17.9. The molecule has 0 fully saturated rings. The van der Waals surface area contributed by atoms with Crippen molar-refractivity contribution in [1.29, 1.82) is 0 Å². The highest BCUT2D eigenvalue weighted by Gasteiger charge is 2.23. The standard InChI is InChI=1S/C12H16FNO5S/c1-7(2)11(6-15)14-20(18,19)8-3-4-10(13)9(5-8)12(16)17/h3-5,7,11,14-15H,6H2,1-2H3,(H,16,17). The zero-order valence-electron chi connectivity index (χ0n) is 11.0. The number of carboxylic acids is 1. The van der Waals surface area contributed by atoms with Gasteiger partial charge in [0.15, 0.2) is 0 Å². The van der Waals surface area contributed by atoms with Gasteiger partial charge in [0.05, 0.1) is 17.1 Å². The molecule has 1 rings (SSSR count). The van der Waals surface area contributed by atoms with Crippen molar-refractivity contribution < 1.29 is 27.8 Å². The van der Waals surface area contributed by atoms with E-state index in [1.165, 1.54) is 0 Å². The number of halogens is 1. The predicted octanol–water partition coefficient (Wildman–Crippen LogP) is 0.819. The van der Waals surface area contributed by atoms with Crippen LogP contribution in [0.4, 0.5) is 4.39 Å². The van der Waals surface area contributed by atoms with Crippen LogP contribution in [0.2, 0.25) is 0 Å². The average Bonchev–Trinajstić information content (AvgIpc) is 2.35. The Morgan fingerprint density at radius 1 is 1.40 bits per heavy atom. The lowest BCUT2D eigenvalue weighted by Crippen LogP contribution is -2.41. The summed E-state index contributed by atoms with van der Waals surface area (Å²) in [7, 11) is -4.03. The molecule has 20 heavy (non-hydrogen) atoms. The normalized spacial score (nSPS) is 13.4. The summed E-state index contributed by atoms with van der Waals surface area (Å²) in [6, 6.07) is 1.79. The van der Waals surface area contributed by atoms with Crippen LogP contribution >= 0.6 is 0 Å². The van der Waals surface area contributed by atoms with Crippen molar-refractivity contribution in [2.24, 2.45) is 5.92 Å². The highest BCUT2D eigenvalue weighted by atomic mass is 32.2. The van der Waals surface area contributed by atoms with Crippen molar-refractivity contribution in [1.82, 2.24) is 4.72 Å². The van der Waals surface area contributed by atoms with E-state index in [1.807, 2.05) is 0 Å². The van der Waals surface area contributed by atoms with Crippen molar-refractivity contribution in [2.45, 2.75) is 24.8 Å². The van der Waals surface area contributed by atoms with Crippen LogP contribution < -0.4 is 4.72 Å². The second-order valence-electron chi connectivity index (χ2n) is 4.60. The molecule has 0 aliphatic heterocycles. The molecule has 112 valence electrons. The van der Waals surface area contributed by atoms with Crippen LogP contribution in [0.5, 0.6) is 0 Å². The van der Waals surface area contributed by atoms with Crippen molar-refractivity contribution in [2.75, 3.05) is 6.61 Å². The molecule has 0 bridgehead atoms. The Morgan fingerprint density at radius 3 is 2.45 bits per heavy atom. The molecule has 0 heterocycles. The molecule has 0 spiro atoms. The first-order valence-corrected chi connectivity index (χ1v) is 7.33. The van der Waals surface area contributed by atoms with Gasteiger partial charge in [-0.25, -0.2) is 22.3 Å². The van der Waals surface area contributed by atoms with E-state index in [2.05, 4.69) is 4.72 Å². The smallest absolute Gasteiger partial charge is 0.338 e. The maximum absolute atomic E-state index is 13.2. The number of carboxylic acid groups (broad SMARTS) is 1. The van der Waals surface area contributed by atoms with Crippen LogP contribution in [0.1, 0.15) is 24.2 Å². The van der Waals surface area contributed by atoms with E-state index in [9.17, 15) is 17.6 Å². The molecular formula is C12H16FNO5S. The number of sulfonamides is 1. The molecule has 0 saturated heterocycles. The molecule has 6 nitrogen and oxygen atoms in total. The molecule has 8 heteroatoms. The molecule has 0 aliphatic rings. The number of benzene rings is 1. The quantitative estimate of drug-likeness (QED) is 0.722. The molecule has 1 aromatic carbocycles. The largest absolute Gasteiger partial charge is 0.478 e. The second kappa shape index (κ2) is 6.29. The molecule has 1 atom stereocenters. The molecular weight excluding hydrogens is 289 g/mol. The molecule has 0 aromatic heterocycles. The highest BCUT2D eigenvalue weighted by Crippen LogP contribution is 2.16. The zero-order valence-corrected chi connectivity index (χ0v) is 11.8. The van der Waals surface area contributed by atoms with Gasteiger partial charge in [-0.1, -0.05) is 13.8 Å². The van der Waals surface area contributed by atoms with Crippen molar-refractivity contribution in [3.05, 3.63) is 29.6 Å². The van der Waals surface area contributed by atoms with Gasteiger partial charge < -0.3 is 10.2 Å². The molecule has 3 N–H and O–H groups in total. The number of hydrogen-bond donors (Lipinski definition) is 3. The van der Waals surface area contributed by atoms with Crippen LogP contribution in [0, 0.1) is 11.7 Å².